The van der Waals surface area contributed by atoms with E-state index >= 15 is 0 Å². The fourth-order valence-electron chi connectivity index (χ4n) is 3.22. The summed E-state index contributed by atoms with van der Waals surface area (Å²) in [5.74, 6) is -0.555. The molecule has 0 spiro atoms. The van der Waals surface area contributed by atoms with Gasteiger partial charge in [0.2, 0.25) is 0 Å². The molecular weight excluding hydrogens is 355 g/mol. The summed E-state index contributed by atoms with van der Waals surface area (Å²) in [6, 6.07) is 7.54. The Kier molecular flexibility index (Phi) is 5.78. The van der Waals surface area contributed by atoms with Gasteiger partial charge < -0.3 is 10.0 Å². The lowest BCUT2D eigenvalue weighted by Gasteiger charge is -2.34. The molecule has 1 N–H and O–H groups in total. The number of halogens is 1. The van der Waals surface area contributed by atoms with Crippen LogP contribution >= 0.6 is 11.9 Å². The molecule has 1 heterocycles. The molecule has 0 aromatic heterocycles. The van der Waals surface area contributed by atoms with E-state index in [1.54, 1.807) is 35.0 Å². The van der Waals surface area contributed by atoms with E-state index in [-0.39, 0.29) is 12.3 Å². The topological polar surface area (TPSA) is 60.9 Å². The Bertz CT molecular complexity index is 835. The summed E-state index contributed by atoms with van der Waals surface area (Å²) in [6.07, 6.45) is -0.172. The minimum atomic E-state index is -0.963. The lowest BCUT2D eigenvalue weighted by Crippen LogP contribution is -2.46. The number of carboxylic acid groups (broad SMARTS) is 1. The molecule has 0 aliphatic carbocycles. The van der Waals surface area contributed by atoms with Crippen molar-refractivity contribution in [1.82, 2.24) is 9.21 Å². The number of carbonyl (C=O) groups is 2. The molecule has 0 radical (unpaired) electrons. The SMILES string of the molecule is CCSN1CCN(C(=O)c2cc(CC(=O)O)cc3ccc(F)cc23)CC1. The molecule has 1 amide bonds. The van der Waals surface area contributed by atoms with Crippen LogP contribution in [-0.4, -0.2) is 58.1 Å². The number of carboxylic acids is 1. The van der Waals surface area contributed by atoms with Gasteiger partial charge in [-0.2, -0.15) is 0 Å². The zero-order valence-corrected chi connectivity index (χ0v) is 15.4. The van der Waals surface area contributed by atoms with Crippen molar-refractivity contribution in [2.24, 2.45) is 0 Å². The molecule has 0 bridgehead atoms. The monoisotopic (exact) mass is 376 g/mol. The van der Waals surface area contributed by atoms with Crippen LogP contribution in [0.15, 0.2) is 30.3 Å². The highest BCUT2D eigenvalue weighted by Crippen LogP contribution is 2.25. The predicted octanol–water partition coefficient (Wildman–Crippen LogP) is 3.03. The van der Waals surface area contributed by atoms with Crippen LogP contribution in [0.5, 0.6) is 0 Å². The van der Waals surface area contributed by atoms with Crippen LogP contribution in [-0.2, 0) is 11.2 Å². The first-order valence-corrected chi connectivity index (χ1v) is 9.53. The molecular formula is C19H21FN2O3S. The van der Waals surface area contributed by atoms with Crippen LogP contribution in [0.25, 0.3) is 10.8 Å². The first-order valence-electron chi connectivity index (χ1n) is 8.59. The molecule has 1 saturated heterocycles. The average molecular weight is 376 g/mol. The number of hydrogen-bond donors (Lipinski definition) is 1. The third kappa shape index (κ3) is 4.16. The Morgan fingerprint density at radius 2 is 1.88 bits per heavy atom. The van der Waals surface area contributed by atoms with Crippen LogP contribution in [0.1, 0.15) is 22.8 Å². The lowest BCUT2D eigenvalue weighted by molar-refractivity contribution is -0.136. The molecule has 138 valence electrons. The van der Waals surface area contributed by atoms with Crippen LogP contribution in [0.3, 0.4) is 0 Å². The van der Waals surface area contributed by atoms with Crippen molar-refractivity contribution in [3.63, 3.8) is 0 Å². The Morgan fingerprint density at radius 1 is 1.15 bits per heavy atom. The van der Waals surface area contributed by atoms with Gasteiger partial charge in [-0.25, -0.2) is 8.70 Å². The number of fused-ring (bicyclic) bond motifs is 1. The van der Waals surface area contributed by atoms with Gasteiger partial charge in [0.25, 0.3) is 5.91 Å². The molecule has 0 saturated carbocycles. The third-order valence-electron chi connectivity index (χ3n) is 4.40. The maximum Gasteiger partial charge on any atom is 0.307 e. The van der Waals surface area contributed by atoms with Crippen molar-refractivity contribution in [2.75, 3.05) is 31.9 Å². The molecule has 1 aliphatic rings. The Labute approximate surface area is 155 Å². The molecule has 0 atom stereocenters. The number of carbonyl (C=O) groups excluding carboxylic acids is 1. The van der Waals surface area contributed by atoms with Crippen molar-refractivity contribution in [1.29, 1.82) is 0 Å². The quantitative estimate of drug-likeness (QED) is 0.813. The Balaban J connectivity index is 1.93. The number of aliphatic carboxylic acids is 1. The van der Waals surface area contributed by atoms with Gasteiger partial charge in [-0.05, 0) is 34.5 Å². The Hall–Kier alpha value is -2.12. The maximum absolute atomic E-state index is 13.7. The van der Waals surface area contributed by atoms with Crippen LogP contribution in [0.2, 0.25) is 0 Å². The van der Waals surface area contributed by atoms with Gasteiger partial charge >= 0.3 is 5.97 Å². The van der Waals surface area contributed by atoms with Gasteiger partial charge in [-0.15, -0.1) is 0 Å². The summed E-state index contributed by atoms with van der Waals surface area (Å²) < 4.78 is 16.0. The van der Waals surface area contributed by atoms with Crippen LogP contribution in [0, 0.1) is 5.82 Å². The summed E-state index contributed by atoms with van der Waals surface area (Å²) in [7, 11) is 0. The molecule has 5 nitrogen and oxygen atoms in total. The number of benzene rings is 2. The molecule has 2 aromatic carbocycles. The Morgan fingerprint density at radius 3 is 2.54 bits per heavy atom. The number of hydrogen-bond acceptors (Lipinski definition) is 4. The summed E-state index contributed by atoms with van der Waals surface area (Å²) in [4.78, 5) is 25.9. The second-order valence-electron chi connectivity index (χ2n) is 6.22. The largest absolute Gasteiger partial charge is 0.481 e. The standard InChI is InChI=1S/C19H21FN2O3S/c1-2-26-22-7-5-21(6-8-22)19(25)17-10-13(11-18(23)24)9-14-3-4-15(20)12-16(14)17/h3-4,9-10,12H,2,5-8,11H2,1H3,(H,23,24). The van der Waals surface area contributed by atoms with Gasteiger partial charge in [0.15, 0.2) is 0 Å². The highest BCUT2D eigenvalue weighted by molar-refractivity contribution is 7.96. The predicted molar refractivity (Wildman–Crippen MR) is 101 cm³/mol. The van der Waals surface area contributed by atoms with Crippen molar-refractivity contribution in [3.8, 4) is 0 Å². The van der Waals surface area contributed by atoms with E-state index in [4.69, 9.17) is 5.11 Å². The van der Waals surface area contributed by atoms with Gasteiger partial charge in [-0.1, -0.05) is 31.0 Å². The fraction of sp³-hybridized carbons (Fsp3) is 0.368. The van der Waals surface area contributed by atoms with Gasteiger partial charge in [0, 0.05) is 37.5 Å². The van der Waals surface area contributed by atoms with E-state index in [2.05, 4.69) is 11.2 Å². The second kappa shape index (κ2) is 8.05. The van der Waals surface area contributed by atoms with Crippen molar-refractivity contribution in [2.45, 2.75) is 13.3 Å². The molecule has 26 heavy (non-hydrogen) atoms. The third-order valence-corrected chi connectivity index (χ3v) is 5.39. The van der Waals surface area contributed by atoms with Gasteiger partial charge in [0.1, 0.15) is 5.82 Å². The minimum Gasteiger partial charge on any atom is -0.481 e. The number of nitrogens with zero attached hydrogens (tertiary/aromatic N) is 2. The minimum absolute atomic E-state index is 0.172. The molecule has 1 fully saturated rings. The molecule has 1 aliphatic heterocycles. The lowest BCUT2D eigenvalue weighted by atomic mass is 9.98. The van der Waals surface area contributed by atoms with Crippen molar-refractivity contribution in [3.05, 3.63) is 47.3 Å². The van der Waals surface area contributed by atoms with E-state index in [1.807, 2.05) is 0 Å². The number of rotatable bonds is 5. The normalized spacial score (nSPS) is 15.4. The molecule has 7 heteroatoms. The summed E-state index contributed by atoms with van der Waals surface area (Å²) >= 11 is 1.76. The van der Waals surface area contributed by atoms with Crippen LogP contribution in [0.4, 0.5) is 4.39 Å². The molecule has 0 unspecified atom stereocenters. The van der Waals surface area contributed by atoms with Crippen molar-refractivity contribution < 1.29 is 19.1 Å². The summed E-state index contributed by atoms with van der Waals surface area (Å²) in [5, 5.41) is 10.3. The summed E-state index contributed by atoms with van der Waals surface area (Å²) in [6.45, 7) is 4.87. The van der Waals surface area contributed by atoms with E-state index in [0.29, 0.717) is 35.0 Å². The smallest absolute Gasteiger partial charge is 0.307 e. The first kappa shape index (κ1) is 18.7. The van der Waals surface area contributed by atoms with Gasteiger partial charge in [-0.3, -0.25) is 9.59 Å². The summed E-state index contributed by atoms with van der Waals surface area (Å²) in [5.41, 5.74) is 0.912. The molecule has 2 aromatic rings. The number of piperazine rings is 1. The van der Waals surface area contributed by atoms with E-state index in [1.165, 1.54) is 12.1 Å². The zero-order chi connectivity index (χ0) is 18.7. The van der Waals surface area contributed by atoms with Gasteiger partial charge in [0.05, 0.1) is 6.42 Å². The maximum atomic E-state index is 13.7. The fourth-order valence-corrected chi connectivity index (χ4v) is 4.01. The van der Waals surface area contributed by atoms with Crippen LogP contribution < -0.4 is 0 Å². The van der Waals surface area contributed by atoms with Crippen molar-refractivity contribution >= 4 is 34.6 Å². The second-order valence-corrected chi connectivity index (χ2v) is 7.57. The average Bonchev–Trinajstić information content (AvgIpc) is 2.61. The molecule has 3 rings (SSSR count). The highest BCUT2D eigenvalue weighted by Gasteiger charge is 2.24. The van der Waals surface area contributed by atoms with E-state index < -0.39 is 11.8 Å². The van der Waals surface area contributed by atoms with E-state index in [0.717, 1.165) is 18.8 Å². The van der Waals surface area contributed by atoms with E-state index in [9.17, 15) is 14.0 Å². The first-order chi connectivity index (χ1) is 12.5. The zero-order valence-electron chi connectivity index (χ0n) is 14.6. The highest BCUT2D eigenvalue weighted by atomic mass is 32.2. The number of amides is 1.